The third-order valence-electron chi connectivity index (χ3n) is 5.71. The van der Waals surface area contributed by atoms with Crippen molar-refractivity contribution in [2.75, 3.05) is 13.7 Å². The lowest BCUT2D eigenvalue weighted by molar-refractivity contribution is -0.183. The standard InChI is InChI=1S/C24H23F2N5O5S/c1-30-24(32)31(22(28-30)33-2)17-7-3-4-8-18(17)35-23-27-21(29-37-23)20(36-19-9-5-6-12-34-19)15-11-10-14(25)13-16(15)26/h3-4,7-8,10-11,13,19-20H,5-6,9,12H2,1-2H3. The van der Waals surface area contributed by atoms with Gasteiger partial charge in [0.2, 0.25) is 0 Å². The van der Waals surface area contributed by atoms with Crippen molar-refractivity contribution < 1.29 is 27.7 Å². The Balaban J connectivity index is 1.47. The molecule has 2 atom stereocenters. The van der Waals surface area contributed by atoms with Crippen molar-refractivity contribution in [2.24, 2.45) is 7.05 Å². The Bertz CT molecular complexity index is 1450. The molecule has 1 fully saturated rings. The zero-order valence-corrected chi connectivity index (χ0v) is 20.8. The van der Waals surface area contributed by atoms with Gasteiger partial charge in [0.25, 0.3) is 5.19 Å². The largest absolute Gasteiger partial charge is 0.467 e. The van der Waals surface area contributed by atoms with Gasteiger partial charge in [-0.25, -0.2) is 22.8 Å². The Hall–Kier alpha value is -3.68. The molecule has 0 bridgehead atoms. The highest BCUT2D eigenvalue weighted by atomic mass is 32.1. The Morgan fingerprint density at radius 1 is 1.19 bits per heavy atom. The molecule has 0 radical (unpaired) electrons. The first-order valence-corrected chi connectivity index (χ1v) is 12.2. The molecule has 194 valence electrons. The summed E-state index contributed by atoms with van der Waals surface area (Å²) in [6, 6.07) is 10.1. The molecule has 37 heavy (non-hydrogen) atoms. The lowest BCUT2D eigenvalue weighted by atomic mass is 10.1. The predicted molar refractivity (Wildman–Crippen MR) is 128 cm³/mol. The van der Waals surface area contributed by atoms with E-state index >= 15 is 0 Å². The summed E-state index contributed by atoms with van der Waals surface area (Å²) in [5.41, 5.74) is 0.0211. The van der Waals surface area contributed by atoms with Crippen LogP contribution in [0.1, 0.15) is 36.8 Å². The first-order valence-electron chi connectivity index (χ1n) is 11.5. The van der Waals surface area contributed by atoms with E-state index in [9.17, 15) is 13.6 Å². The van der Waals surface area contributed by atoms with E-state index in [1.54, 1.807) is 24.3 Å². The van der Waals surface area contributed by atoms with Crippen molar-refractivity contribution in [1.29, 1.82) is 0 Å². The molecule has 1 aliphatic heterocycles. The first kappa shape index (κ1) is 25.0. The SMILES string of the molecule is COc1nn(C)c(=O)n1-c1ccccc1Oc1nc(C(OC2CCCCO2)c2ccc(F)cc2F)ns1. The average molecular weight is 532 g/mol. The Morgan fingerprint density at radius 3 is 2.78 bits per heavy atom. The van der Waals surface area contributed by atoms with E-state index in [1.165, 1.54) is 24.8 Å². The topological polar surface area (TPSA) is 103 Å². The summed E-state index contributed by atoms with van der Waals surface area (Å²) in [4.78, 5) is 17.1. The van der Waals surface area contributed by atoms with E-state index in [0.717, 1.165) is 41.2 Å². The average Bonchev–Trinajstić information content (AvgIpc) is 3.48. The van der Waals surface area contributed by atoms with Gasteiger partial charge >= 0.3 is 11.7 Å². The number of methoxy groups -OCH3 is 1. The first-order chi connectivity index (χ1) is 17.9. The highest BCUT2D eigenvalue weighted by Gasteiger charge is 2.29. The quantitative estimate of drug-likeness (QED) is 0.334. The molecule has 5 rings (SSSR count). The molecule has 0 aliphatic carbocycles. The fourth-order valence-corrected chi connectivity index (χ4v) is 4.50. The van der Waals surface area contributed by atoms with E-state index in [0.29, 0.717) is 24.5 Å². The molecule has 0 saturated carbocycles. The Labute approximate surface area is 214 Å². The normalized spacial score (nSPS) is 16.5. The van der Waals surface area contributed by atoms with Crippen LogP contribution in [0.25, 0.3) is 5.69 Å². The molecule has 2 aromatic heterocycles. The molecular formula is C24H23F2N5O5S. The van der Waals surface area contributed by atoms with Crippen LogP contribution in [0.5, 0.6) is 17.0 Å². The van der Waals surface area contributed by atoms with Crippen LogP contribution in [0.15, 0.2) is 47.3 Å². The minimum atomic E-state index is -1.05. The summed E-state index contributed by atoms with van der Waals surface area (Å²) in [6.07, 6.45) is 0.806. The number of hydrogen-bond donors (Lipinski definition) is 0. The number of halogens is 2. The van der Waals surface area contributed by atoms with Crippen LogP contribution in [-0.4, -0.2) is 43.7 Å². The van der Waals surface area contributed by atoms with Crippen LogP contribution in [0.2, 0.25) is 0 Å². The third kappa shape index (κ3) is 5.24. The van der Waals surface area contributed by atoms with Crippen molar-refractivity contribution in [3.8, 4) is 22.6 Å². The van der Waals surface area contributed by atoms with Gasteiger partial charge < -0.3 is 18.9 Å². The summed E-state index contributed by atoms with van der Waals surface area (Å²) in [6.45, 7) is 0.524. The lowest BCUT2D eigenvalue weighted by Gasteiger charge is -2.27. The van der Waals surface area contributed by atoms with Crippen molar-refractivity contribution in [1.82, 2.24) is 23.7 Å². The molecule has 0 N–H and O–H groups in total. The van der Waals surface area contributed by atoms with Crippen molar-refractivity contribution in [3.05, 3.63) is 76.0 Å². The van der Waals surface area contributed by atoms with Crippen molar-refractivity contribution in [3.63, 3.8) is 0 Å². The van der Waals surface area contributed by atoms with E-state index in [4.69, 9.17) is 18.9 Å². The van der Waals surface area contributed by atoms with E-state index in [-0.39, 0.29) is 22.6 Å². The number of aryl methyl sites for hydroxylation is 1. The zero-order chi connectivity index (χ0) is 25.9. The number of aromatic nitrogens is 5. The summed E-state index contributed by atoms with van der Waals surface area (Å²) < 4.78 is 58.0. The van der Waals surface area contributed by atoms with E-state index < -0.39 is 29.7 Å². The van der Waals surface area contributed by atoms with Crippen LogP contribution in [0.3, 0.4) is 0 Å². The number of hydrogen-bond acceptors (Lipinski definition) is 9. The van der Waals surface area contributed by atoms with Gasteiger partial charge in [0.1, 0.15) is 17.7 Å². The van der Waals surface area contributed by atoms with Crippen LogP contribution >= 0.6 is 11.5 Å². The number of benzene rings is 2. The van der Waals surface area contributed by atoms with Gasteiger partial charge in [0, 0.05) is 36.8 Å². The van der Waals surface area contributed by atoms with Gasteiger partial charge in [0.15, 0.2) is 17.9 Å². The minimum absolute atomic E-state index is 0.0759. The Kier molecular flexibility index (Phi) is 7.26. The maximum absolute atomic E-state index is 14.7. The second kappa shape index (κ2) is 10.7. The van der Waals surface area contributed by atoms with Crippen LogP contribution in [0, 0.1) is 11.6 Å². The summed E-state index contributed by atoms with van der Waals surface area (Å²) >= 11 is 0.922. The molecule has 2 aromatic carbocycles. The second-order valence-electron chi connectivity index (χ2n) is 8.19. The number of nitrogens with zero attached hydrogens (tertiary/aromatic N) is 5. The lowest BCUT2D eigenvalue weighted by Crippen LogP contribution is -2.25. The molecule has 0 spiro atoms. The van der Waals surface area contributed by atoms with Crippen molar-refractivity contribution in [2.45, 2.75) is 31.7 Å². The van der Waals surface area contributed by atoms with Crippen molar-refractivity contribution >= 4 is 11.5 Å². The highest BCUT2D eigenvalue weighted by Crippen LogP contribution is 2.35. The fraction of sp³-hybridized carbons (Fsp3) is 0.333. The molecular weight excluding hydrogens is 508 g/mol. The summed E-state index contributed by atoms with van der Waals surface area (Å²) in [5.74, 6) is -1.07. The van der Waals surface area contributed by atoms with Gasteiger partial charge in [0.05, 0.1) is 12.8 Å². The third-order valence-corrected chi connectivity index (χ3v) is 6.32. The zero-order valence-electron chi connectivity index (χ0n) is 20.0. The highest BCUT2D eigenvalue weighted by molar-refractivity contribution is 7.07. The maximum atomic E-state index is 14.7. The molecule has 0 amide bonds. The maximum Gasteiger partial charge on any atom is 0.353 e. The fourth-order valence-electron chi connectivity index (χ4n) is 3.93. The van der Waals surface area contributed by atoms with Crippen LogP contribution < -0.4 is 15.2 Å². The number of rotatable bonds is 8. The smallest absolute Gasteiger partial charge is 0.353 e. The molecule has 1 saturated heterocycles. The predicted octanol–water partition coefficient (Wildman–Crippen LogP) is 4.13. The van der Waals surface area contributed by atoms with Crippen LogP contribution in [0.4, 0.5) is 8.78 Å². The van der Waals surface area contributed by atoms with E-state index in [1.807, 2.05) is 0 Å². The van der Waals surface area contributed by atoms with Gasteiger partial charge in [-0.05, 0) is 37.5 Å². The molecule has 4 aromatic rings. The summed E-state index contributed by atoms with van der Waals surface area (Å²) in [7, 11) is 2.91. The van der Waals surface area contributed by atoms with E-state index in [2.05, 4.69) is 14.5 Å². The Morgan fingerprint density at radius 2 is 2.03 bits per heavy atom. The molecule has 3 heterocycles. The van der Waals surface area contributed by atoms with Gasteiger partial charge in [-0.2, -0.15) is 9.36 Å². The monoisotopic (exact) mass is 531 g/mol. The van der Waals surface area contributed by atoms with Crippen LogP contribution in [-0.2, 0) is 16.5 Å². The molecule has 13 heteroatoms. The molecule has 10 nitrogen and oxygen atoms in total. The summed E-state index contributed by atoms with van der Waals surface area (Å²) in [5, 5.41) is 4.18. The minimum Gasteiger partial charge on any atom is -0.467 e. The molecule has 1 aliphatic rings. The van der Waals surface area contributed by atoms with Gasteiger partial charge in [-0.15, -0.1) is 5.10 Å². The van der Waals surface area contributed by atoms with Gasteiger partial charge in [-0.3, -0.25) is 0 Å². The second-order valence-corrected chi connectivity index (χ2v) is 8.91. The number of ether oxygens (including phenoxy) is 4. The van der Waals surface area contributed by atoms with Gasteiger partial charge in [-0.1, -0.05) is 18.2 Å². The number of para-hydroxylation sites is 2. The molecule has 2 unspecified atom stereocenters.